The van der Waals surface area contributed by atoms with Crippen molar-refractivity contribution in [2.45, 2.75) is 32.2 Å². The maximum atomic E-state index is 13.5. The largest absolute Gasteiger partial charge is 0.379 e. The van der Waals surface area contributed by atoms with Gasteiger partial charge in [-0.25, -0.2) is 4.79 Å². The molecule has 0 bridgehead atoms. The Hall–Kier alpha value is -2.64. The Morgan fingerprint density at radius 3 is 2.53 bits per heavy atom. The lowest BCUT2D eigenvalue weighted by Gasteiger charge is -2.33. The van der Waals surface area contributed by atoms with Crippen molar-refractivity contribution in [3.63, 3.8) is 0 Å². The van der Waals surface area contributed by atoms with Gasteiger partial charge in [0.2, 0.25) is 0 Å². The summed E-state index contributed by atoms with van der Waals surface area (Å²) in [5, 5.41) is 3.06. The van der Waals surface area contributed by atoms with Gasteiger partial charge in [-0.1, -0.05) is 44.2 Å². The van der Waals surface area contributed by atoms with Crippen LogP contribution in [0.15, 0.2) is 48.2 Å². The Kier molecular flexibility index (Phi) is 6.96. The van der Waals surface area contributed by atoms with Gasteiger partial charge in [0, 0.05) is 32.7 Å². The van der Waals surface area contributed by atoms with Crippen LogP contribution in [0, 0.1) is 0 Å². The van der Waals surface area contributed by atoms with Gasteiger partial charge in [0.05, 0.1) is 37.1 Å². The highest BCUT2D eigenvalue weighted by Crippen LogP contribution is 2.36. The molecular formula is C25H34N4O3. The molecule has 1 atom stereocenters. The topological polar surface area (TPSA) is 65.1 Å². The molecule has 3 heterocycles. The van der Waals surface area contributed by atoms with E-state index in [1.807, 2.05) is 17.0 Å². The number of nitrogens with one attached hydrogen (secondary N) is 1. The van der Waals surface area contributed by atoms with E-state index in [9.17, 15) is 9.59 Å². The van der Waals surface area contributed by atoms with Crippen molar-refractivity contribution in [1.29, 1.82) is 0 Å². The number of urea groups is 1. The third kappa shape index (κ3) is 4.59. The van der Waals surface area contributed by atoms with Gasteiger partial charge in [0.25, 0.3) is 5.91 Å². The second-order valence-electron chi connectivity index (χ2n) is 9.00. The molecule has 172 valence electrons. The summed E-state index contributed by atoms with van der Waals surface area (Å²) >= 11 is 0. The molecule has 0 aromatic heterocycles. The summed E-state index contributed by atoms with van der Waals surface area (Å²) in [5.41, 5.74) is 3.68. The maximum Gasteiger partial charge on any atom is 0.322 e. The zero-order valence-electron chi connectivity index (χ0n) is 19.2. The van der Waals surface area contributed by atoms with E-state index < -0.39 is 6.04 Å². The molecule has 3 amide bonds. The van der Waals surface area contributed by atoms with Crippen molar-refractivity contribution in [3.05, 3.63) is 59.3 Å². The molecule has 1 unspecified atom stereocenters. The third-order valence-electron chi connectivity index (χ3n) is 6.55. The number of benzene rings is 1. The number of ether oxygens (including phenoxy) is 1. The molecule has 0 radical (unpaired) electrons. The molecule has 1 saturated heterocycles. The van der Waals surface area contributed by atoms with Gasteiger partial charge in [0.1, 0.15) is 0 Å². The first-order chi connectivity index (χ1) is 15.5. The van der Waals surface area contributed by atoms with Crippen molar-refractivity contribution in [3.8, 4) is 0 Å². The molecular weight excluding hydrogens is 404 g/mol. The molecule has 1 N–H and O–H groups in total. The first-order valence-corrected chi connectivity index (χ1v) is 11.6. The molecule has 32 heavy (non-hydrogen) atoms. The van der Waals surface area contributed by atoms with Crippen LogP contribution in [0.4, 0.5) is 4.79 Å². The monoisotopic (exact) mass is 438 g/mol. The van der Waals surface area contributed by atoms with Crippen LogP contribution < -0.4 is 5.32 Å². The first-order valence-electron chi connectivity index (χ1n) is 11.6. The van der Waals surface area contributed by atoms with E-state index in [-0.39, 0.29) is 11.9 Å². The van der Waals surface area contributed by atoms with Crippen LogP contribution in [-0.4, -0.2) is 79.1 Å². The normalized spacial score (nSPS) is 21.9. The van der Waals surface area contributed by atoms with Gasteiger partial charge >= 0.3 is 6.03 Å². The molecule has 7 heteroatoms. The van der Waals surface area contributed by atoms with Crippen LogP contribution in [-0.2, 0) is 9.53 Å². The van der Waals surface area contributed by atoms with Crippen molar-refractivity contribution >= 4 is 11.9 Å². The summed E-state index contributed by atoms with van der Waals surface area (Å²) in [6, 6.07) is 7.63. The van der Waals surface area contributed by atoms with Crippen molar-refractivity contribution in [1.82, 2.24) is 20.0 Å². The van der Waals surface area contributed by atoms with Crippen LogP contribution in [0.2, 0.25) is 0 Å². The number of amides is 3. The number of rotatable bonds is 8. The predicted molar refractivity (Wildman–Crippen MR) is 124 cm³/mol. The SMILES string of the molecule is C=CCN1C(=O)NC(c2ccc(C(C)C)cc2)C2=C1CN(CCCN1CCOCC1)C2=O. The Balaban J connectivity index is 1.52. The Labute approximate surface area is 190 Å². The Morgan fingerprint density at radius 2 is 1.88 bits per heavy atom. The summed E-state index contributed by atoms with van der Waals surface area (Å²) in [6.07, 6.45) is 2.61. The minimum atomic E-state index is -0.420. The summed E-state index contributed by atoms with van der Waals surface area (Å²) in [5.74, 6) is 0.451. The zero-order chi connectivity index (χ0) is 22.7. The summed E-state index contributed by atoms with van der Waals surface area (Å²) in [4.78, 5) is 32.3. The van der Waals surface area contributed by atoms with Gasteiger partial charge < -0.3 is 15.0 Å². The lowest BCUT2D eigenvalue weighted by molar-refractivity contribution is -0.125. The molecule has 0 aliphatic carbocycles. The standard InChI is InChI=1S/C25H34N4O3/c1-4-10-29-21-17-28(12-5-11-27-13-15-32-16-14-27)24(30)22(21)23(26-25(29)31)20-8-6-19(7-9-20)18(2)3/h4,6-9,18,23H,1,5,10-17H2,2-3H3,(H,26,31). The number of nitrogens with zero attached hydrogens (tertiary/aromatic N) is 3. The average molecular weight is 439 g/mol. The second kappa shape index (κ2) is 9.88. The van der Waals surface area contributed by atoms with E-state index in [0.29, 0.717) is 31.1 Å². The van der Waals surface area contributed by atoms with Gasteiger partial charge in [-0.2, -0.15) is 0 Å². The first kappa shape index (κ1) is 22.6. The highest BCUT2D eigenvalue weighted by Gasteiger charge is 2.43. The Bertz CT molecular complexity index is 887. The summed E-state index contributed by atoms with van der Waals surface area (Å²) in [6.45, 7) is 14.0. The van der Waals surface area contributed by atoms with Gasteiger partial charge in [-0.3, -0.25) is 14.6 Å². The quantitative estimate of drug-likeness (QED) is 0.634. The highest BCUT2D eigenvalue weighted by atomic mass is 16.5. The van der Waals surface area contributed by atoms with Gasteiger partial charge in [0.15, 0.2) is 0 Å². The van der Waals surface area contributed by atoms with Crippen molar-refractivity contribution in [2.75, 3.05) is 52.5 Å². The smallest absolute Gasteiger partial charge is 0.322 e. The van der Waals surface area contributed by atoms with Crippen molar-refractivity contribution in [2.24, 2.45) is 0 Å². The minimum absolute atomic E-state index is 0.0222. The fourth-order valence-electron chi connectivity index (χ4n) is 4.68. The molecule has 1 aromatic carbocycles. The van der Waals surface area contributed by atoms with Crippen LogP contribution >= 0.6 is 0 Å². The lowest BCUT2D eigenvalue weighted by Crippen LogP contribution is -2.47. The van der Waals surface area contributed by atoms with Crippen LogP contribution in [0.1, 0.15) is 43.4 Å². The van der Waals surface area contributed by atoms with E-state index >= 15 is 0 Å². The molecule has 7 nitrogen and oxygen atoms in total. The summed E-state index contributed by atoms with van der Waals surface area (Å²) < 4.78 is 5.41. The molecule has 3 aliphatic heterocycles. The van der Waals surface area contributed by atoms with E-state index in [2.05, 4.69) is 42.8 Å². The minimum Gasteiger partial charge on any atom is -0.379 e. The molecule has 4 rings (SSSR count). The van der Waals surface area contributed by atoms with Crippen LogP contribution in [0.25, 0.3) is 0 Å². The number of carbonyl (C=O) groups is 2. The summed E-state index contributed by atoms with van der Waals surface area (Å²) in [7, 11) is 0. The highest BCUT2D eigenvalue weighted by molar-refractivity contribution is 6.01. The molecule has 3 aliphatic rings. The Morgan fingerprint density at radius 1 is 1.16 bits per heavy atom. The lowest BCUT2D eigenvalue weighted by atomic mass is 9.93. The van der Waals surface area contributed by atoms with Crippen LogP contribution in [0.5, 0.6) is 0 Å². The van der Waals surface area contributed by atoms with Gasteiger partial charge in [-0.15, -0.1) is 6.58 Å². The predicted octanol–water partition coefficient (Wildman–Crippen LogP) is 2.88. The van der Waals surface area contributed by atoms with Crippen molar-refractivity contribution < 1.29 is 14.3 Å². The number of carbonyl (C=O) groups excluding carboxylic acids is 2. The molecule has 1 aromatic rings. The third-order valence-corrected chi connectivity index (χ3v) is 6.55. The fourth-order valence-corrected chi connectivity index (χ4v) is 4.68. The number of morpholine rings is 1. The van der Waals surface area contributed by atoms with Gasteiger partial charge in [-0.05, 0) is 23.5 Å². The van der Waals surface area contributed by atoms with Crippen LogP contribution in [0.3, 0.4) is 0 Å². The van der Waals surface area contributed by atoms with E-state index in [0.717, 1.165) is 50.5 Å². The maximum absolute atomic E-state index is 13.5. The number of hydrogen-bond acceptors (Lipinski definition) is 4. The van der Waals surface area contributed by atoms with E-state index in [1.165, 1.54) is 5.56 Å². The molecule has 0 spiro atoms. The van der Waals surface area contributed by atoms with E-state index in [1.54, 1.807) is 11.0 Å². The fraction of sp³-hybridized carbons (Fsp3) is 0.520. The van der Waals surface area contributed by atoms with E-state index in [4.69, 9.17) is 4.74 Å². The average Bonchev–Trinajstić information content (AvgIpc) is 3.12. The second-order valence-corrected chi connectivity index (χ2v) is 9.00. The number of hydrogen-bond donors (Lipinski definition) is 1. The molecule has 0 saturated carbocycles. The molecule has 1 fully saturated rings. The zero-order valence-corrected chi connectivity index (χ0v) is 19.2.